The maximum Gasteiger partial charge on any atom is 0.211 e. The summed E-state index contributed by atoms with van der Waals surface area (Å²) in [5, 5.41) is 3.63. The average Bonchev–Trinajstić information content (AvgIpc) is 2.85. The Morgan fingerprint density at radius 1 is 1.25 bits per heavy atom. The van der Waals surface area contributed by atoms with Gasteiger partial charge in [0.15, 0.2) is 0 Å². The van der Waals surface area contributed by atoms with Gasteiger partial charge in [-0.1, -0.05) is 13.8 Å². The molecule has 0 amide bonds. The molecule has 0 aromatic carbocycles. The van der Waals surface area contributed by atoms with Crippen LogP contribution in [0.1, 0.15) is 33.1 Å². The Labute approximate surface area is 123 Å². The monoisotopic (exact) mass is 303 g/mol. The lowest BCUT2D eigenvalue weighted by Crippen LogP contribution is -2.51. The molecule has 0 aromatic rings. The number of piperidine rings is 1. The lowest BCUT2D eigenvalue weighted by molar-refractivity contribution is 0.150. The smallest absolute Gasteiger partial charge is 0.211 e. The van der Waals surface area contributed by atoms with E-state index in [0.29, 0.717) is 18.5 Å². The molecule has 2 aliphatic heterocycles. The summed E-state index contributed by atoms with van der Waals surface area (Å²) in [6, 6.07) is 0.682. The predicted molar refractivity (Wildman–Crippen MR) is 82.3 cm³/mol. The fourth-order valence-electron chi connectivity index (χ4n) is 3.56. The van der Waals surface area contributed by atoms with Gasteiger partial charge in [0.05, 0.1) is 6.26 Å². The molecule has 0 bridgehead atoms. The van der Waals surface area contributed by atoms with E-state index in [1.807, 2.05) is 0 Å². The summed E-state index contributed by atoms with van der Waals surface area (Å²) in [4.78, 5) is 2.49. The molecule has 0 aliphatic carbocycles. The topological polar surface area (TPSA) is 52.6 Å². The molecule has 0 saturated carbocycles. The van der Waals surface area contributed by atoms with Crippen molar-refractivity contribution in [3.63, 3.8) is 0 Å². The molecule has 2 saturated heterocycles. The standard InChI is InChI=1S/C14H29N3O2S/c1-4-16-9-7-14(12(2)11-16)15-10-13-6-5-8-17(13)20(3,18)19/h12-15H,4-11H2,1-3H3/t12?,13-,14?/m1/s1. The summed E-state index contributed by atoms with van der Waals surface area (Å²) < 4.78 is 25.1. The van der Waals surface area contributed by atoms with Crippen LogP contribution in [-0.2, 0) is 10.0 Å². The SMILES string of the molecule is CCN1CCC(NC[C@H]2CCCN2S(C)(=O)=O)C(C)C1. The molecule has 118 valence electrons. The summed E-state index contributed by atoms with van der Waals surface area (Å²) in [5.74, 6) is 0.636. The lowest BCUT2D eigenvalue weighted by Gasteiger charge is -2.37. The third-order valence-corrected chi connectivity index (χ3v) is 6.13. The number of nitrogens with one attached hydrogen (secondary N) is 1. The zero-order valence-electron chi connectivity index (χ0n) is 13.0. The molecule has 2 fully saturated rings. The first kappa shape index (κ1) is 16.2. The fraction of sp³-hybridized carbons (Fsp3) is 1.00. The van der Waals surface area contributed by atoms with Crippen molar-refractivity contribution in [1.29, 1.82) is 0 Å². The van der Waals surface area contributed by atoms with Crippen LogP contribution >= 0.6 is 0 Å². The van der Waals surface area contributed by atoms with Gasteiger partial charge in [-0.3, -0.25) is 0 Å². The number of likely N-dealkylation sites (tertiary alicyclic amines) is 1. The van der Waals surface area contributed by atoms with Crippen LogP contribution in [0.25, 0.3) is 0 Å². The first-order valence-corrected chi connectivity index (χ1v) is 9.69. The second-order valence-electron chi connectivity index (χ2n) is 6.34. The van der Waals surface area contributed by atoms with Crippen LogP contribution < -0.4 is 5.32 Å². The first-order valence-electron chi connectivity index (χ1n) is 7.84. The minimum Gasteiger partial charge on any atom is -0.312 e. The van der Waals surface area contributed by atoms with Gasteiger partial charge in [0.25, 0.3) is 0 Å². The van der Waals surface area contributed by atoms with Gasteiger partial charge in [-0.25, -0.2) is 8.42 Å². The second kappa shape index (κ2) is 6.73. The van der Waals surface area contributed by atoms with Crippen molar-refractivity contribution in [3.8, 4) is 0 Å². The first-order chi connectivity index (χ1) is 9.41. The van der Waals surface area contributed by atoms with Crippen LogP contribution in [0.4, 0.5) is 0 Å². The molecule has 20 heavy (non-hydrogen) atoms. The highest BCUT2D eigenvalue weighted by atomic mass is 32.2. The molecule has 3 atom stereocenters. The molecule has 0 radical (unpaired) electrons. The quantitative estimate of drug-likeness (QED) is 0.813. The fourth-order valence-corrected chi connectivity index (χ4v) is 4.74. The van der Waals surface area contributed by atoms with Gasteiger partial charge >= 0.3 is 0 Å². The molecule has 0 spiro atoms. The van der Waals surface area contributed by atoms with Crippen LogP contribution in [0.3, 0.4) is 0 Å². The Kier molecular flexibility index (Phi) is 5.45. The Balaban J connectivity index is 1.83. The normalized spacial score (nSPS) is 33.6. The molecule has 2 rings (SSSR count). The van der Waals surface area contributed by atoms with E-state index in [9.17, 15) is 8.42 Å². The highest BCUT2D eigenvalue weighted by Crippen LogP contribution is 2.21. The average molecular weight is 303 g/mol. The van der Waals surface area contributed by atoms with E-state index in [1.165, 1.54) is 12.7 Å². The van der Waals surface area contributed by atoms with Crippen molar-refractivity contribution >= 4 is 10.0 Å². The van der Waals surface area contributed by atoms with E-state index in [0.717, 1.165) is 39.0 Å². The van der Waals surface area contributed by atoms with Gasteiger partial charge in [-0.05, 0) is 38.3 Å². The van der Waals surface area contributed by atoms with Crippen LogP contribution in [0, 0.1) is 5.92 Å². The molecule has 2 aliphatic rings. The zero-order chi connectivity index (χ0) is 14.8. The minimum atomic E-state index is -3.05. The summed E-state index contributed by atoms with van der Waals surface area (Å²) in [7, 11) is -3.05. The van der Waals surface area contributed by atoms with Crippen LogP contribution in [-0.4, -0.2) is 68.7 Å². The van der Waals surface area contributed by atoms with E-state index in [1.54, 1.807) is 4.31 Å². The molecular formula is C14H29N3O2S. The van der Waals surface area contributed by atoms with Crippen LogP contribution in [0.2, 0.25) is 0 Å². The van der Waals surface area contributed by atoms with Crippen LogP contribution in [0.5, 0.6) is 0 Å². The Hall–Kier alpha value is -0.170. The highest BCUT2D eigenvalue weighted by molar-refractivity contribution is 7.88. The molecule has 5 nitrogen and oxygen atoms in total. The lowest BCUT2D eigenvalue weighted by atomic mass is 9.93. The van der Waals surface area contributed by atoms with Crippen LogP contribution in [0.15, 0.2) is 0 Å². The Bertz CT molecular complexity index is 413. The number of nitrogens with zero attached hydrogens (tertiary/aromatic N) is 2. The number of sulfonamides is 1. The Morgan fingerprint density at radius 3 is 2.60 bits per heavy atom. The molecule has 2 heterocycles. The van der Waals surface area contributed by atoms with E-state index >= 15 is 0 Å². The maximum absolute atomic E-state index is 11.7. The highest BCUT2D eigenvalue weighted by Gasteiger charge is 2.32. The molecule has 6 heteroatoms. The maximum atomic E-state index is 11.7. The minimum absolute atomic E-state index is 0.154. The molecule has 0 aromatic heterocycles. The summed E-state index contributed by atoms with van der Waals surface area (Å²) in [6.45, 7) is 9.42. The van der Waals surface area contributed by atoms with Crippen molar-refractivity contribution in [2.75, 3.05) is 39.0 Å². The summed E-state index contributed by atoms with van der Waals surface area (Å²) >= 11 is 0. The van der Waals surface area contributed by atoms with Gasteiger partial charge in [0.1, 0.15) is 0 Å². The third-order valence-electron chi connectivity index (χ3n) is 4.80. The number of hydrogen-bond donors (Lipinski definition) is 1. The van der Waals surface area contributed by atoms with Gasteiger partial charge in [0.2, 0.25) is 10.0 Å². The van der Waals surface area contributed by atoms with E-state index in [-0.39, 0.29) is 6.04 Å². The molecular weight excluding hydrogens is 274 g/mol. The number of hydrogen-bond acceptors (Lipinski definition) is 4. The summed E-state index contributed by atoms with van der Waals surface area (Å²) in [5.41, 5.74) is 0. The second-order valence-corrected chi connectivity index (χ2v) is 8.28. The van der Waals surface area contributed by atoms with Crippen molar-refractivity contribution in [1.82, 2.24) is 14.5 Å². The largest absolute Gasteiger partial charge is 0.312 e. The van der Waals surface area contributed by atoms with E-state index in [2.05, 4.69) is 24.1 Å². The number of rotatable bonds is 5. The Morgan fingerprint density at radius 2 is 2.00 bits per heavy atom. The summed E-state index contributed by atoms with van der Waals surface area (Å²) in [6.07, 6.45) is 4.47. The zero-order valence-corrected chi connectivity index (χ0v) is 13.8. The third kappa shape index (κ3) is 3.93. The van der Waals surface area contributed by atoms with Crippen molar-refractivity contribution < 1.29 is 8.42 Å². The van der Waals surface area contributed by atoms with Gasteiger partial charge in [-0.15, -0.1) is 0 Å². The van der Waals surface area contributed by atoms with Gasteiger partial charge in [0, 0.05) is 31.7 Å². The predicted octanol–water partition coefficient (Wildman–Crippen LogP) is 0.730. The van der Waals surface area contributed by atoms with Crippen molar-refractivity contribution in [2.24, 2.45) is 5.92 Å². The van der Waals surface area contributed by atoms with Crippen molar-refractivity contribution in [2.45, 2.75) is 45.2 Å². The van der Waals surface area contributed by atoms with E-state index in [4.69, 9.17) is 0 Å². The van der Waals surface area contributed by atoms with E-state index < -0.39 is 10.0 Å². The molecule has 2 unspecified atom stereocenters. The van der Waals surface area contributed by atoms with Crippen molar-refractivity contribution in [3.05, 3.63) is 0 Å². The van der Waals surface area contributed by atoms with Gasteiger partial charge in [-0.2, -0.15) is 4.31 Å². The molecule has 1 N–H and O–H groups in total. The van der Waals surface area contributed by atoms with Gasteiger partial charge < -0.3 is 10.2 Å².